The fourth-order valence-corrected chi connectivity index (χ4v) is 1.36. The number of ether oxygens (including phenoxy) is 2. The van der Waals surface area contributed by atoms with Crippen LogP contribution in [0.3, 0.4) is 0 Å². The van der Waals surface area contributed by atoms with Crippen LogP contribution in [0.25, 0.3) is 0 Å². The van der Waals surface area contributed by atoms with Gasteiger partial charge in [0.25, 0.3) is 0 Å². The third-order valence-corrected chi connectivity index (χ3v) is 2.11. The van der Waals surface area contributed by atoms with Crippen LogP contribution in [-0.4, -0.2) is 24.0 Å². The Morgan fingerprint density at radius 3 is 2.64 bits per heavy atom. The van der Waals surface area contributed by atoms with Gasteiger partial charge in [0.05, 0.1) is 0 Å². The van der Waals surface area contributed by atoms with Gasteiger partial charge in [0.1, 0.15) is 12.7 Å². The highest BCUT2D eigenvalue weighted by atomic mass is 16.8. The number of benzene rings is 1. The van der Waals surface area contributed by atoms with Crippen molar-refractivity contribution in [3.63, 3.8) is 0 Å². The van der Waals surface area contributed by atoms with Crippen LogP contribution in [0, 0.1) is 0 Å². The molecule has 1 aromatic rings. The highest BCUT2D eigenvalue weighted by Gasteiger charge is 2.32. The maximum absolute atomic E-state index is 10.6. The molecule has 4 heteroatoms. The Bertz CT molecular complexity index is 322. The predicted octanol–water partition coefficient (Wildman–Crippen LogP) is 1.26. The molecule has 0 bridgehead atoms. The molecule has 0 amide bonds. The number of aliphatic hydroxyl groups excluding tert-OH is 1. The summed E-state index contributed by atoms with van der Waals surface area (Å²) in [7, 11) is 0. The van der Waals surface area contributed by atoms with Crippen molar-refractivity contribution in [2.24, 2.45) is 0 Å². The van der Waals surface area contributed by atoms with E-state index in [4.69, 9.17) is 4.74 Å². The van der Waals surface area contributed by atoms with Crippen molar-refractivity contribution >= 4 is 6.16 Å². The topological polar surface area (TPSA) is 55.8 Å². The molecule has 2 rings (SSSR count). The van der Waals surface area contributed by atoms with E-state index in [1.54, 1.807) is 12.1 Å². The SMILES string of the molecule is O=C1OCC(C(O)c2ccccc2)O1. The van der Waals surface area contributed by atoms with E-state index < -0.39 is 18.4 Å². The number of aliphatic hydroxyl groups is 1. The Balaban J connectivity index is 2.09. The van der Waals surface area contributed by atoms with Gasteiger partial charge in [-0.15, -0.1) is 0 Å². The van der Waals surface area contributed by atoms with Crippen molar-refractivity contribution in [3.8, 4) is 0 Å². The van der Waals surface area contributed by atoms with Crippen molar-refractivity contribution in [2.45, 2.75) is 12.2 Å². The molecule has 4 nitrogen and oxygen atoms in total. The van der Waals surface area contributed by atoms with Crippen LogP contribution in [-0.2, 0) is 9.47 Å². The number of hydrogen-bond donors (Lipinski definition) is 1. The van der Waals surface area contributed by atoms with Crippen molar-refractivity contribution in [2.75, 3.05) is 6.61 Å². The summed E-state index contributed by atoms with van der Waals surface area (Å²) in [5.74, 6) is 0. The Morgan fingerprint density at radius 2 is 2.07 bits per heavy atom. The molecule has 0 saturated carbocycles. The largest absolute Gasteiger partial charge is 0.508 e. The predicted molar refractivity (Wildman–Crippen MR) is 47.6 cm³/mol. The molecular formula is C10H10O4. The van der Waals surface area contributed by atoms with E-state index >= 15 is 0 Å². The molecule has 74 valence electrons. The van der Waals surface area contributed by atoms with E-state index in [2.05, 4.69) is 4.74 Å². The molecule has 1 heterocycles. The monoisotopic (exact) mass is 194 g/mol. The number of carbonyl (C=O) groups excluding carboxylic acids is 1. The first-order chi connectivity index (χ1) is 6.77. The molecule has 2 unspecified atom stereocenters. The molecule has 0 radical (unpaired) electrons. The van der Waals surface area contributed by atoms with Crippen molar-refractivity contribution in [1.82, 2.24) is 0 Å². The first-order valence-corrected chi connectivity index (χ1v) is 4.34. The van der Waals surface area contributed by atoms with Crippen LogP contribution >= 0.6 is 0 Å². The van der Waals surface area contributed by atoms with Gasteiger partial charge >= 0.3 is 6.16 Å². The zero-order valence-corrected chi connectivity index (χ0v) is 7.42. The molecule has 1 saturated heterocycles. The quantitative estimate of drug-likeness (QED) is 0.720. The van der Waals surface area contributed by atoms with E-state index in [9.17, 15) is 9.90 Å². The summed E-state index contributed by atoms with van der Waals surface area (Å²) in [5.41, 5.74) is 0.718. The molecule has 1 aromatic carbocycles. The molecule has 1 fully saturated rings. The minimum atomic E-state index is -0.817. The normalized spacial score (nSPS) is 22.6. The first-order valence-electron chi connectivity index (χ1n) is 4.34. The lowest BCUT2D eigenvalue weighted by Gasteiger charge is -2.14. The van der Waals surface area contributed by atoms with Crippen LogP contribution in [0.15, 0.2) is 30.3 Å². The number of cyclic esters (lactones) is 2. The van der Waals surface area contributed by atoms with Gasteiger partial charge in [-0.1, -0.05) is 30.3 Å². The number of rotatable bonds is 2. The summed E-state index contributed by atoms with van der Waals surface area (Å²) < 4.78 is 9.35. The van der Waals surface area contributed by atoms with Gasteiger partial charge in [0, 0.05) is 0 Å². The molecule has 1 N–H and O–H groups in total. The van der Waals surface area contributed by atoms with E-state index in [0.29, 0.717) is 0 Å². The second-order valence-corrected chi connectivity index (χ2v) is 3.07. The highest BCUT2D eigenvalue weighted by Crippen LogP contribution is 2.22. The lowest BCUT2D eigenvalue weighted by molar-refractivity contribution is 0.0319. The summed E-state index contributed by atoms with van der Waals surface area (Å²) in [6.45, 7) is 0.106. The van der Waals surface area contributed by atoms with Gasteiger partial charge in [0.15, 0.2) is 6.10 Å². The van der Waals surface area contributed by atoms with E-state index in [1.807, 2.05) is 18.2 Å². The van der Waals surface area contributed by atoms with Crippen LogP contribution in [0.4, 0.5) is 4.79 Å². The third kappa shape index (κ3) is 1.70. The first kappa shape index (κ1) is 9.02. The maximum atomic E-state index is 10.6. The Morgan fingerprint density at radius 1 is 1.36 bits per heavy atom. The smallest absolute Gasteiger partial charge is 0.430 e. The fraction of sp³-hybridized carbons (Fsp3) is 0.300. The van der Waals surface area contributed by atoms with Crippen LogP contribution in [0.2, 0.25) is 0 Å². The molecule has 1 aliphatic heterocycles. The number of carbonyl (C=O) groups is 1. The van der Waals surface area contributed by atoms with Crippen molar-refractivity contribution < 1.29 is 19.4 Å². The molecule has 0 aromatic heterocycles. The highest BCUT2D eigenvalue weighted by molar-refractivity contribution is 5.62. The lowest BCUT2D eigenvalue weighted by Crippen LogP contribution is -2.20. The number of hydrogen-bond acceptors (Lipinski definition) is 4. The molecule has 2 atom stereocenters. The minimum Gasteiger partial charge on any atom is -0.430 e. The van der Waals surface area contributed by atoms with Crippen LogP contribution < -0.4 is 0 Å². The average Bonchev–Trinajstić information content (AvgIpc) is 2.65. The van der Waals surface area contributed by atoms with Crippen LogP contribution in [0.5, 0.6) is 0 Å². The second kappa shape index (κ2) is 3.67. The van der Waals surface area contributed by atoms with E-state index in [1.165, 1.54) is 0 Å². The summed E-state index contributed by atoms with van der Waals surface area (Å²) in [4.78, 5) is 10.6. The standard InChI is InChI=1S/C10H10O4/c11-9(7-4-2-1-3-5-7)8-6-13-10(12)14-8/h1-5,8-9,11H,6H2. The van der Waals surface area contributed by atoms with Crippen molar-refractivity contribution in [3.05, 3.63) is 35.9 Å². The van der Waals surface area contributed by atoms with Gasteiger partial charge in [-0.2, -0.15) is 0 Å². The van der Waals surface area contributed by atoms with Gasteiger partial charge in [-0.25, -0.2) is 4.79 Å². The molecule has 1 aliphatic rings. The summed E-state index contributed by atoms with van der Waals surface area (Å²) in [5, 5.41) is 9.78. The summed E-state index contributed by atoms with van der Waals surface area (Å²) >= 11 is 0. The molecule has 0 aliphatic carbocycles. The van der Waals surface area contributed by atoms with Gasteiger partial charge < -0.3 is 14.6 Å². The third-order valence-electron chi connectivity index (χ3n) is 2.11. The van der Waals surface area contributed by atoms with Crippen LogP contribution in [0.1, 0.15) is 11.7 Å². The second-order valence-electron chi connectivity index (χ2n) is 3.07. The van der Waals surface area contributed by atoms with E-state index in [0.717, 1.165) is 5.56 Å². The molecular weight excluding hydrogens is 184 g/mol. The maximum Gasteiger partial charge on any atom is 0.508 e. The fourth-order valence-electron chi connectivity index (χ4n) is 1.36. The van der Waals surface area contributed by atoms with E-state index in [-0.39, 0.29) is 6.61 Å². The zero-order valence-electron chi connectivity index (χ0n) is 7.42. The summed E-state index contributed by atoms with van der Waals surface area (Å²) in [6.07, 6.45) is -2.13. The Kier molecular flexibility index (Phi) is 2.37. The van der Waals surface area contributed by atoms with Crippen molar-refractivity contribution in [1.29, 1.82) is 0 Å². The average molecular weight is 194 g/mol. The lowest BCUT2D eigenvalue weighted by atomic mass is 10.1. The molecule has 0 spiro atoms. The van der Waals surface area contributed by atoms with Gasteiger partial charge in [0.2, 0.25) is 0 Å². The zero-order chi connectivity index (χ0) is 9.97. The molecule has 14 heavy (non-hydrogen) atoms. The Hall–Kier alpha value is -1.55. The van der Waals surface area contributed by atoms with Gasteiger partial charge in [-0.05, 0) is 5.56 Å². The Labute approximate surface area is 81.1 Å². The van der Waals surface area contributed by atoms with Gasteiger partial charge in [-0.3, -0.25) is 0 Å². The summed E-state index contributed by atoms with van der Waals surface area (Å²) in [6, 6.07) is 9.04. The minimum absolute atomic E-state index is 0.106.